The van der Waals surface area contributed by atoms with E-state index in [1.165, 1.54) is 6.08 Å². The predicted molar refractivity (Wildman–Crippen MR) is 87.1 cm³/mol. The molecular weight excluding hydrogens is 278 g/mol. The van der Waals surface area contributed by atoms with Gasteiger partial charge in [0.05, 0.1) is 28.5 Å². The van der Waals surface area contributed by atoms with Crippen LogP contribution in [0.2, 0.25) is 0 Å². The maximum atomic E-state index is 11.8. The molecule has 2 rings (SSSR count). The normalized spacial score (nSPS) is 12.0. The van der Waals surface area contributed by atoms with E-state index in [1.54, 1.807) is 12.3 Å². The molecule has 5 nitrogen and oxygen atoms in total. The highest BCUT2D eigenvalue weighted by atomic mass is 16.3. The minimum atomic E-state index is -0.841. The topological polar surface area (TPSA) is 75.1 Å². The number of fused-ring (bicyclic) bond motifs is 1. The van der Waals surface area contributed by atoms with Crippen LogP contribution < -0.4 is 5.32 Å². The highest BCUT2D eigenvalue weighted by molar-refractivity contribution is 5.91. The van der Waals surface area contributed by atoms with E-state index >= 15 is 0 Å². The smallest absolute Gasteiger partial charge is 0.244 e. The molecule has 0 radical (unpaired) electrons. The van der Waals surface area contributed by atoms with Crippen molar-refractivity contribution >= 4 is 23.0 Å². The zero-order valence-electron chi connectivity index (χ0n) is 12.9. The van der Waals surface area contributed by atoms with Crippen molar-refractivity contribution in [1.29, 1.82) is 0 Å². The minimum absolute atomic E-state index is 0.243. The lowest BCUT2D eigenvalue weighted by Crippen LogP contribution is -2.41. The van der Waals surface area contributed by atoms with Crippen molar-refractivity contribution in [3.8, 4) is 0 Å². The van der Waals surface area contributed by atoms with Crippen LogP contribution in [0.3, 0.4) is 0 Å². The second-order valence-electron chi connectivity index (χ2n) is 5.27. The van der Waals surface area contributed by atoms with E-state index in [1.807, 2.05) is 38.1 Å². The Labute approximate surface area is 130 Å². The Morgan fingerprint density at radius 3 is 2.64 bits per heavy atom. The van der Waals surface area contributed by atoms with E-state index < -0.39 is 5.60 Å². The van der Waals surface area contributed by atoms with Gasteiger partial charge < -0.3 is 10.4 Å². The molecule has 22 heavy (non-hydrogen) atoms. The van der Waals surface area contributed by atoms with Crippen LogP contribution in [-0.2, 0) is 4.79 Å². The molecule has 0 bridgehead atoms. The van der Waals surface area contributed by atoms with Gasteiger partial charge in [-0.05, 0) is 31.1 Å². The van der Waals surface area contributed by atoms with Gasteiger partial charge in [-0.25, -0.2) is 4.98 Å². The number of hydrogen-bond donors (Lipinski definition) is 2. The molecule has 116 valence electrons. The Kier molecular flexibility index (Phi) is 5.22. The van der Waals surface area contributed by atoms with E-state index in [0.717, 1.165) is 11.0 Å². The van der Waals surface area contributed by atoms with E-state index in [2.05, 4.69) is 15.3 Å². The molecule has 0 unspecified atom stereocenters. The van der Waals surface area contributed by atoms with Crippen molar-refractivity contribution in [1.82, 2.24) is 15.3 Å². The Morgan fingerprint density at radius 2 is 1.95 bits per heavy atom. The van der Waals surface area contributed by atoms with Gasteiger partial charge in [-0.1, -0.05) is 26.0 Å². The lowest BCUT2D eigenvalue weighted by atomic mass is 9.98. The second-order valence-corrected chi connectivity index (χ2v) is 5.27. The number of aliphatic hydroxyl groups is 1. The first-order valence-corrected chi connectivity index (χ1v) is 7.46. The quantitative estimate of drug-likeness (QED) is 0.803. The maximum Gasteiger partial charge on any atom is 0.244 e. The summed E-state index contributed by atoms with van der Waals surface area (Å²) in [4.78, 5) is 20.5. The average Bonchev–Trinajstić information content (AvgIpc) is 2.57. The fraction of sp³-hybridized carbons (Fsp3) is 0.353. The van der Waals surface area contributed by atoms with Crippen molar-refractivity contribution in [2.45, 2.75) is 32.3 Å². The van der Waals surface area contributed by atoms with Gasteiger partial charge in [0.1, 0.15) is 0 Å². The number of nitrogens with zero attached hydrogens (tertiary/aromatic N) is 2. The average molecular weight is 299 g/mol. The Hall–Kier alpha value is -2.27. The maximum absolute atomic E-state index is 11.8. The predicted octanol–water partition coefficient (Wildman–Crippen LogP) is 2.31. The number of rotatable bonds is 6. The highest BCUT2D eigenvalue weighted by Crippen LogP contribution is 2.13. The first-order chi connectivity index (χ1) is 10.6. The van der Waals surface area contributed by atoms with Crippen LogP contribution in [-0.4, -0.2) is 33.1 Å². The fourth-order valence-electron chi connectivity index (χ4n) is 2.02. The molecule has 2 N–H and O–H groups in total. The van der Waals surface area contributed by atoms with E-state index in [4.69, 9.17) is 0 Å². The van der Waals surface area contributed by atoms with Crippen molar-refractivity contribution < 1.29 is 9.90 Å². The van der Waals surface area contributed by atoms with Gasteiger partial charge in [0.15, 0.2) is 0 Å². The van der Waals surface area contributed by atoms with E-state index in [0.29, 0.717) is 18.5 Å². The van der Waals surface area contributed by atoms with Crippen LogP contribution in [0.4, 0.5) is 0 Å². The largest absolute Gasteiger partial charge is 0.388 e. The number of carbonyl (C=O) groups excluding carboxylic acids is 1. The van der Waals surface area contributed by atoms with Gasteiger partial charge in [-0.3, -0.25) is 9.78 Å². The first kappa shape index (κ1) is 16.1. The van der Waals surface area contributed by atoms with Crippen LogP contribution in [0, 0.1) is 0 Å². The minimum Gasteiger partial charge on any atom is -0.388 e. The zero-order chi connectivity index (χ0) is 16.0. The van der Waals surface area contributed by atoms with Crippen molar-refractivity contribution in [2.24, 2.45) is 0 Å². The summed E-state index contributed by atoms with van der Waals surface area (Å²) in [6.45, 7) is 4.04. The van der Waals surface area contributed by atoms with Gasteiger partial charge in [-0.15, -0.1) is 0 Å². The summed E-state index contributed by atoms with van der Waals surface area (Å²) < 4.78 is 0. The third-order valence-electron chi connectivity index (χ3n) is 3.78. The third-order valence-corrected chi connectivity index (χ3v) is 3.78. The van der Waals surface area contributed by atoms with Gasteiger partial charge in [0, 0.05) is 12.6 Å². The van der Waals surface area contributed by atoms with Crippen LogP contribution in [0.1, 0.15) is 32.4 Å². The molecule has 0 atom stereocenters. The van der Waals surface area contributed by atoms with E-state index in [9.17, 15) is 9.90 Å². The molecule has 1 aromatic carbocycles. The molecule has 1 aromatic heterocycles. The highest BCUT2D eigenvalue weighted by Gasteiger charge is 2.22. The summed E-state index contributed by atoms with van der Waals surface area (Å²) in [5, 5.41) is 12.8. The molecular formula is C17H21N3O2. The third kappa shape index (κ3) is 4.11. The molecule has 2 aromatic rings. The molecule has 0 aliphatic carbocycles. The lowest BCUT2D eigenvalue weighted by molar-refractivity contribution is -0.117. The van der Waals surface area contributed by atoms with Crippen molar-refractivity contribution in [2.75, 3.05) is 6.54 Å². The number of carbonyl (C=O) groups is 1. The number of benzene rings is 1. The molecule has 0 fully saturated rings. The fourth-order valence-corrected chi connectivity index (χ4v) is 2.02. The van der Waals surface area contributed by atoms with Gasteiger partial charge in [0.2, 0.25) is 5.91 Å². The first-order valence-electron chi connectivity index (χ1n) is 7.46. The molecule has 0 saturated carbocycles. The summed E-state index contributed by atoms with van der Waals surface area (Å²) in [5.41, 5.74) is 1.39. The summed E-state index contributed by atoms with van der Waals surface area (Å²) >= 11 is 0. The summed E-state index contributed by atoms with van der Waals surface area (Å²) in [6, 6.07) is 7.57. The summed E-state index contributed by atoms with van der Waals surface area (Å²) in [5.74, 6) is -0.254. The molecule has 1 heterocycles. The molecule has 1 amide bonds. The number of amides is 1. The molecule has 5 heteroatoms. The van der Waals surface area contributed by atoms with Crippen molar-refractivity contribution in [3.63, 3.8) is 0 Å². The van der Waals surface area contributed by atoms with Crippen LogP contribution in [0.15, 0.2) is 36.5 Å². The number of nitrogens with one attached hydrogen (secondary N) is 1. The number of aromatic nitrogens is 2. The van der Waals surface area contributed by atoms with Gasteiger partial charge in [0.25, 0.3) is 0 Å². The Balaban J connectivity index is 1.99. The molecule has 0 spiro atoms. The number of para-hydroxylation sites is 2. The van der Waals surface area contributed by atoms with Crippen LogP contribution >= 0.6 is 0 Å². The Bertz CT molecular complexity index is 678. The number of hydrogen-bond acceptors (Lipinski definition) is 4. The standard InChI is InChI=1S/C17H21N3O2/c1-3-17(22,4-2)12-19-16(21)10-9-13-11-18-14-7-5-6-8-15(14)20-13/h5-11,22H,3-4,12H2,1-2H3,(H,19,21). The molecule has 0 aliphatic heterocycles. The monoisotopic (exact) mass is 299 g/mol. The van der Waals surface area contributed by atoms with Gasteiger partial charge >= 0.3 is 0 Å². The van der Waals surface area contributed by atoms with Gasteiger partial charge in [-0.2, -0.15) is 0 Å². The van der Waals surface area contributed by atoms with E-state index in [-0.39, 0.29) is 12.5 Å². The van der Waals surface area contributed by atoms with Crippen LogP contribution in [0.25, 0.3) is 17.1 Å². The summed E-state index contributed by atoms with van der Waals surface area (Å²) in [6.07, 6.45) is 5.85. The molecule has 0 saturated heterocycles. The lowest BCUT2D eigenvalue weighted by Gasteiger charge is -2.24. The SMILES string of the molecule is CCC(O)(CC)CNC(=O)C=Cc1cnc2ccccc2n1. The summed E-state index contributed by atoms with van der Waals surface area (Å²) in [7, 11) is 0. The van der Waals surface area contributed by atoms with Crippen LogP contribution in [0.5, 0.6) is 0 Å². The molecule has 0 aliphatic rings. The Morgan fingerprint density at radius 1 is 1.27 bits per heavy atom. The van der Waals surface area contributed by atoms with Crippen molar-refractivity contribution in [3.05, 3.63) is 42.2 Å². The second kappa shape index (κ2) is 7.13. The zero-order valence-corrected chi connectivity index (χ0v) is 12.9.